The largest absolute Gasteiger partial charge is 0.302 e. The normalized spacial score (nSPS) is 25.3. The highest BCUT2D eigenvalue weighted by atomic mass is 15.1. The van der Waals surface area contributed by atoms with E-state index in [9.17, 15) is 0 Å². The highest BCUT2D eigenvalue weighted by molar-refractivity contribution is 5.26. The van der Waals surface area contributed by atoms with Crippen molar-refractivity contribution in [2.45, 2.75) is 41.0 Å². The number of hydrogen-bond acceptors (Lipinski definition) is 1. The first-order valence-corrected chi connectivity index (χ1v) is 6.15. The maximum Gasteiger partial charge on any atom is 0.0190 e. The molecule has 1 heteroatoms. The molecular formula is C14H27N. The Bertz CT molecular complexity index is 223. The third kappa shape index (κ3) is 5.78. The summed E-state index contributed by atoms with van der Waals surface area (Å²) in [5.41, 5.74) is 2.98. The van der Waals surface area contributed by atoms with Gasteiger partial charge in [0.05, 0.1) is 0 Å². The van der Waals surface area contributed by atoms with Crippen molar-refractivity contribution in [3.63, 3.8) is 0 Å². The topological polar surface area (TPSA) is 3.24 Å². The second-order valence-corrected chi connectivity index (χ2v) is 4.38. The Balaban J connectivity index is 0.000000921. The fourth-order valence-corrected chi connectivity index (χ4v) is 1.75. The maximum atomic E-state index is 2.38. The summed E-state index contributed by atoms with van der Waals surface area (Å²) >= 11 is 0. The molecule has 0 fully saturated rings. The molecule has 0 aromatic rings. The average molecular weight is 209 g/mol. The number of rotatable bonds is 1. The Morgan fingerprint density at radius 1 is 1.27 bits per heavy atom. The van der Waals surface area contributed by atoms with Gasteiger partial charge in [-0.2, -0.15) is 0 Å². The lowest BCUT2D eigenvalue weighted by molar-refractivity contribution is 0.367. The molecule has 0 aliphatic carbocycles. The first-order valence-electron chi connectivity index (χ1n) is 6.15. The van der Waals surface area contributed by atoms with Crippen molar-refractivity contribution >= 4 is 0 Å². The van der Waals surface area contributed by atoms with Gasteiger partial charge in [-0.25, -0.2) is 0 Å². The smallest absolute Gasteiger partial charge is 0.0190 e. The van der Waals surface area contributed by atoms with Gasteiger partial charge < -0.3 is 4.90 Å². The minimum absolute atomic E-state index is 0.665. The van der Waals surface area contributed by atoms with Crippen LogP contribution in [0.1, 0.15) is 41.0 Å². The van der Waals surface area contributed by atoms with Gasteiger partial charge >= 0.3 is 0 Å². The first-order chi connectivity index (χ1) is 7.09. The molecule has 88 valence electrons. The summed E-state index contributed by atoms with van der Waals surface area (Å²) in [5, 5.41) is 0. The molecule has 1 heterocycles. The van der Waals surface area contributed by atoms with E-state index in [2.05, 4.69) is 44.9 Å². The molecule has 1 rings (SSSR count). The summed E-state index contributed by atoms with van der Waals surface area (Å²) < 4.78 is 0. The van der Waals surface area contributed by atoms with Crippen molar-refractivity contribution in [2.75, 3.05) is 20.1 Å². The fraction of sp³-hybridized carbons (Fsp3) is 0.714. The van der Waals surface area contributed by atoms with Crippen LogP contribution in [0, 0.1) is 5.92 Å². The Labute approximate surface area is 95.9 Å². The highest BCUT2D eigenvalue weighted by Gasteiger charge is 2.06. The van der Waals surface area contributed by atoms with Crippen LogP contribution in [0.2, 0.25) is 0 Å². The van der Waals surface area contributed by atoms with Gasteiger partial charge in [0.2, 0.25) is 0 Å². The van der Waals surface area contributed by atoms with Crippen molar-refractivity contribution in [2.24, 2.45) is 5.92 Å². The van der Waals surface area contributed by atoms with Gasteiger partial charge in [0.1, 0.15) is 0 Å². The molecule has 0 amide bonds. The van der Waals surface area contributed by atoms with Crippen LogP contribution in [-0.4, -0.2) is 25.0 Å². The van der Waals surface area contributed by atoms with Gasteiger partial charge in [0.25, 0.3) is 0 Å². The lowest BCUT2D eigenvalue weighted by atomic mass is 9.98. The Kier molecular flexibility index (Phi) is 7.41. The van der Waals surface area contributed by atoms with Crippen LogP contribution >= 0.6 is 0 Å². The zero-order chi connectivity index (χ0) is 11.8. The van der Waals surface area contributed by atoms with Gasteiger partial charge in [-0.05, 0) is 31.9 Å². The Morgan fingerprint density at radius 2 is 1.87 bits per heavy atom. The molecule has 0 atom stereocenters. The summed E-state index contributed by atoms with van der Waals surface area (Å²) in [6, 6.07) is 0. The zero-order valence-electron chi connectivity index (χ0n) is 11.3. The third-order valence-electron chi connectivity index (χ3n) is 2.49. The molecule has 1 nitrogen and oxygen atoms in total. The second kappa shape index (κ2) is 7.70. The van der Waals surface area contributed by atoms with Crippen molar-refractivity contribution in [1.29, 1.82) is 0 Å². The van der Waals surface area contributed by atoms with Crippen LogP contribution in [-0.2, 0) is 0 Å². The molecule has 1 aliphatic rings. The Morgan fingerprint density at radius 3 is 2.40 bits per heavy atom. The third-order valence-corrected chi connectivity index (χ3v) is 2.49. The molecule has 0 aromatic heterocycles. The van der Waals surface area contributed by atoms with Crippen LogP contribution in [0.15, 0.2) is 23.3 Å². The van der Waals surface area contributed by atoms with Gasteiger partial charge in [-0.15, -0.1) is 0 Å². The molecule has 0 saturated heterocycles. The summed E-state index contributed by atoms with van der Waals surface area (Å²) in [4.78, 5) is 2.37. The van der Waals surface area contributed by atoms with Crippen molar-refractivity contribution in [1.82, 2.24) is 4.90 Å². The van der Waals surface area contributed by atoms with Crippen LogP contribution in [0.3, 0.4) is 0 Å². The molecule has 0 bridgehead atoms. The minimum atomic E-state index is 0.665. The number of likely N-dealkylation sites (N-methyl/N-ethyl adjacent to an activating group) is 1. The number of hydrogen-bond donors (Lipinski definition) is 0. The predicted molar refractivity (Wildman–Crippen MR) is 70.1 cm³/mol. The van der Waals surface area contributed by atoms with Crippen LogP contribution in [0.4, 0.5) is 0 Å². The SMILES string of the molecule is C/C1=C\C(C(C)C)=C/CCN(C)C1.CC. The summed E-state index contributed by atoms with van der Waals surface area (Å²) in [6.45, 7) is 13.0. The maximum absolute atomic E-state index is 2.38. The molecule has 0 unspecified atom stereocenters. The second-order valence-electron chi connectivity index (χ2n) is 4.38. The molecule has 0 saturated carbocycles. The fourth-order valence-electron chi connectivity index (χ4n) is 1.75. The molecule has 0 N–H and O–H groups in total. The number of nitrogens with zero attached hydrogens (tertiary/aromatic N) is 1. The van der Waals surface area contributed by atoms with E-state index in [1.165, 1.54) is 24.1 Å². The number of allylic oxidation sites excluding steroid dienone is 2. The van der Waals surface area contributed by atoms with E-state index >= 15 is 0 Å². The van der Waals surface area contributed by atoms with Gasteiger partial charge in [-0.1, -0.05) is 45.4 Å². The van der Waals surface area contributed by atoms with E-state index in [-0.39, 0.29) is 0 Å². The summed E-state index contributed by atoms with van der Waals surface area (Å²) in [5.74, 6) is 0.665. The highest BCUT2D eigenvalue weighted by Crippen LogP contribution is 2.16. The van der Waals surface area contributed by atoms with E-state index < -0.39 is 0 Å². The lowest BCUT2D eigenvalue weighted by Crippen LogP contribution is -2.22. The lowest BCUT2D eigenvalue weighted by Gasteiger charge is -2.20. The monoisotopic (exact) mass is 209 g/mol. The van der Waals surface area contributed by atoms with E-state index in [0.717, 1.165) is 6.54 Å². The summed E-state index contributed by atoms with van der Waals surface area (Å²) in [6.07, 6.45) is 5.91. The quantitative estimate of drug-likeness (QED) is 0.633. The molecule has 0 spiro atoms. The first kappa shape index (κ1) is 14.4. The van der Waals surface area contributed by atoms with Crippen LogP contribution in [0.5, 0.6) is 0 Å². The van der Waals surface area contributed by atoms with E-state index in [1.807, 2.05) is 13.8 Å². The Hall–Kier alpha value is -0.560. The summed E-state index contributed by atoms with van der Waals surface area (Å²) in [7, 11) is 2.19. The van der Waals surface area contributed by atoms with Gasteiger partial charge in [0, 0.05) is 13.1 Å². The zero-order valence-corrected chi connectivity index (χ0v) is 11.3. The average Bonchev–Trinajstić information content (AvgIpc) is 2.16. The van der Waals surface area contributed by atoms with Crippen molar-refractivity contribution in [3.05, 3.63) is 23.3 Å². The van der Waals surface area contributed by atoms with Gasteiger partial charge in [-0.3, -0.25) is 0 Å². The predicted octanol–water partition coefficient (Wildman–Crippen LogP) is 3.88. The molecule has 15 heavy (non-hydrogen) atoms. The molecule has 1 aliphatic heterocycles. The standard InChI is InChI=1S/C12H21N.C2H6/c1-10(2)12-6-5-7-13(4)9-11(3)8-12;1-2/h6,8,10H,5,7,9H2,1-4H3;1-2H3/b11-8+,12-6+;. The molecule has 0 radical (unpaired) electrons. The van der Waals surface area contributed by atoms with Crippen LogP contribution < -0.4 is 0 Å². The van der Waals surface area contributed by atoms with E-state index in [4.69, 9.17) is 0 Å². The molecule has 0 aromatic carbocycles. The van der Waals surface area contributed by atoms with Crippen molar-refractivity contribution in [3.8, 4) is 0 Å². The van der Waals surface area contributed by atoms with Crippen LogP contribution in [0.25, 0.3) is 0 Å². The van der Waals surface area contributed by atoms with Gasteiger partial charge in [0.15, 0.2) is 0 Å². The minimum Gasteiger partial charge on any atom is -0.302 e. The van der Waals surface area contributed by atoms with E-state index in [0.29, 0.717) is 5.92 Å². The molecular weight excluding hydrogens is 182 g/mol. The van der Waals surface area contributed by atoms with Crippen molar-refractivity contribution < 1.29 is 0 Å². The van der Waals surface area contributed by atoms with E-state index in [1.54, 1.807) is 0 Å².